The molecule has 102 valence electrons. The van der Waals surface area contributed by atoms with Gasteiger partial charge in [-0.1, -0.05) is 29.8 Å². The number of carboxylic acid groups (broad SMARTS) is 1. The molecule has 1 heterocycles. The van der Waals surface area contributed by atoms with Crippen molar-refractivity contribution < 1.29 is 14.7 Å². The maximum absolute atomic E-state index is 11.4. The standard InChI is InChI=1S/C14H18N2O3/c1-10-2-4-11(5-3-10)8-16-9-13(17)15-7-12(16)6-14(18)19/h2-5,12H,6-9H2,1H3,(H,15,17)(H,18,19). The van der Waals surface area contributed by atoms with Gasteiger partial charge in [0.2, 0.25) is 5.91 Å². The minimum absolute atomic E-state index is 0.0475. The number of carboxylic acids is 1. The zero-order chi connectivity index (χ0) is 13.8. The van der Waals surface area contributed by atoms with Crippen molar-refractivity contribution in [3.63, 3.8) is 0 Å². The van der Waals surface area contributed by atoms with E-state index in [1.54, 1.807) is 0 Å². The van der Waals surface area contributed by atoms with E-state index in [-0.39, 0.29) is 24.9 Å². The largest absolute Gasteiger partial charge is 0.481 e. The number of nitrogens with zero attached hydrogens (tertiary/aromatic N) is 1. The lowest BCUT2D eigenvalue weighted by Crippen LogP contribution is -2.54. The van der Waals surface area contributed by atoms with Gasteiger partial charge in [-0.15, -0.1) is 0 Å². The average Bonchev–Trinajstić information content (AvgIpc) is 2.35. The molecule has 1 fully saturated rings. The highest BCUT2D eigenvalue weighted by Gasteiger charge is 2.28. The number of aryl methyl sites for hydroxylation is 1. The van der Waals surface area contributed by atoms with E-state index in [2.05, 4.69) is 5.32 Å². The number of benzene rings is 1. The first-order valence-corrected chi connectivity index (χ1v) is 6.32. The van der Waals surface area contributed by atoms with Gasteiger partial charge in [-0.3, -0.25) is 14.5 Å². The summed E-state index contributed by atoms with van der Waals surface area (Å²) in [6.45, 7) is 3.28. The van der Waals surface area contributed by atoms with Crippen molar-refractivity contribution in [1.82, 2.24) is 10.2 Å². The maximum atomic E-state index is 11.4. The lowest BCUT2D eigenvalue weighted by Gasteiger charge is -2.34. The SMILES string of the molecule is Cc1ccc(CN2CC(=O)NCC2CC(=O)O)cc1. The molecular formula is C14H18N2O3. The van der Waals surface area contributed by atoms with Crippen LogP contribution in [0.1, 0.15) is 17.5 Å². The van der Waals surface area contributed by atoms with Crippen molar-refractivity contribution in [2.24, 2.45) is 0 Å². The monoisotopic (exact) mass is 262 g/mol. The minimum atomic E-state index is -0.838. The molecule has 0 bridgehead atoms. The van der Waals surface area contributed by atoms with E-state index in [0.29, 0.717) is 13.1 Å². The second kappa shape index (κ2) is 5.84. The van der Waals surface area contributed by atoms with E-state index >= 15 is 0 Å². The number of nitrogens with one attached hydrogen (secondary N) is 1. The van der Waals surface area contributed by atoms with Crippen molar-refractivity contribution in [2.45, 2.75) is 25.9 Å². The van der Waals surface area contributed by atoms with Gasteiger partial charge >= 0.3 is 5.97 Å². The van der Waals surface area contributed by atoms with E-state index in [4.69, 9.17) is 5.11 Å². The van der Waals surface area contributed by atoms with Gasteiger partial charge in [0.05, 0.1) is 13.0 Å². The molecule has 5 heteroatoms. The fourth-order valence-corrected chi connectivity index (χ4v) is 2.25. The summed E-state index contributed by atoms with van der Waals surface area (Å²) in [4.78, 5) is 24.2. The number of carbonyl (C=O) groups is 2. The molecule has 0 saturated carbocycles. The molecule has 2 rings (SSSR count). The van der Waals surface area contributed by atoms with Gasteiger partial charge in [0, 0.05) is 19.1 Å². The molecule has 0 spiro atoms. The highest BCUT2D eigenvalue weighted by atomic mass is 16.4. The van der Waals surface area contributed by atoms with Gasteiger partial charge in [0.15, 0.2) is 0 Å². The fraction of sp³-hybridized carbons (Fsp3) is 0.429. The van der Waals surface area contributed by atoms with E-state index in [0.717, 1.165) is 5.56 Å². The van der Waals surface area contributed by atoms with Gasteiger partial charge in [-0.2, -0.15) is 0 Å². The van der Waals surface area contributed by atoms with Gasteiger partial charge in [-0.05, 0) is 12.5 Å². The first-order valence-electron chi connectivity index (χ1n) is 6.32. The Bertz CT molecular complexity index is 470. The number of aliphatic carboxylic acids is 1. The van der Waals surface area contributed by atoms with Crippen LogP contribution in [0.15, 0.2) is 24.3 Å². The summed E-state index contributed by atoms with van der Waals surface area (Å²) >= 11 is 0. The van der Waals surface area contributed by atoms with E-state index in [1.165, 1.54) is 5.56 Å². The molecule has 0 aromatic heterocycles. The first-order chi connectivity index (χ1) is 9.04. The second-order valence-electron chi connectivity index (χ2n) is 4.95. The molecule has 1 saturated heterocycles. The van der Waals surface area contributed by atoms with E-state index in [9.17, 15) is 9.59 Å². The third kappa shape index (κ3) is 3.79. The Hall–Kier alpha value is -1.88. The van der Waals surface area contributed by atoms with Crippen molar-refractivity contribution in [3.05, 3.63) is 35.4 Å². The predicted octanol–water partition coefficient (Wildman–Crippen LogP) is 0.770. The Morgan fingerprint density at radius 1 is 1.42 bits per heavy atom. The molecule has 1 atom stereocenters. The average molecular weight is 262 g/mol. The van der Waals surface area contributed by atoms with E-state index < -0.39 is 5.97 Å². The lowest BCUT2D eigenvalue weighted by atomic mass is 10.1. The smallest absolute Gasteiger partial charge is 0.305 e. The molecule has 1 aromatic rings. The number of hydrogen-bond donors (Lipinski definition) is 2. The van der Waals surface area contributed by atoms with E-state index in [1.807, 2.05) is 36.1 Å². The highest BCUT2D eigenvalue weighted by Crippen LogP contribution is 2.14. The molecule has 0 aliphatic carbocycles. The quantitative estimate of drug-likeness (QED) is 0.841. The zero-order valence-corrected chi connectivity index (χ0v) is 10.9. The second-order valence-corrected chi connectivity index (χ2v) is 4.95. The van der Waals surface area contributed by atoms with Crippen LogP contribution in [0, 0.1) is 6.92 Å². The van der Waals surface area contributed by atoms with Crippen LogP contribution in [0.4, 0.5) is 0 Å². The Balaban J connectivity index is 2.06. The van der Waals surface area contributed by atoms with Crippen LogP contribution >= 0.6 is 0 Å². The molecule has 1 amide bonds. The Labute approximate surface area is 112 Å². The number of amides is 1. The number of hydrogen-bond acceptors (Lipinski definition) is 3. The van der Waals surface area contributed by atoms with Crippen LogP contribution in [-0.4, -0.2) is 41.0 Å². The van der Waals surface area contributed by atoms with Crippen LogP contribution in [0.2, 0.25) is 0 Å². The number of piperazine rings is 1. The summed E-state index contributed by atoms with van der Waals surface area (Å²) in [6.07, 6.45) is 0.0478. The third-order valence-electron chi connectivity index (χ3n) is 3.31. The van der Waals surface area contributed by atoms with Crippen LogP contribution in [0.5, 0.6) is 0 Å². The van der Waals surface area contributed by atoms with Crippen LogP contribution < -0.4 is 5.32 Å². The van der Waals surface area contributed by atoms with Gasteiger partial charge in [-0.25, -0.2) is 0 Å². The summed E-state index contributed by atoms with van der Waals surface area (Å²) in [5.41, 5.74) is 2.28. The Morgan fingerprint density at radius 2 is 2.11 bits per heavy atom. The normalized spacial score (nSPS) is 20.1. The van der Waals surface area contributed by atoms with Gasteiger partial charge in [0.25, 0.3) is 0 Å². The van der Waals surface area contributed by atoms with Gasteiger partial charge < -0.3 is 10.4 Å². The number of carbonyl (C=O) groups excluding carboxylic acids is 1. The fourth-order valence-electron chi connectivity index (χ4n) is 2.25. The Kier molecular flexibility index (Phi) is 4.16. The van der Waals surface area contributed by atoms with Crippen LogP contribution in [0.3, 0.4) is 0 Å². The lowest BCUT2D eigenvalue weighted by molar-refractivity contribution is -0.140. The molecule has 0 radical (unpaired) electrons. The zero-order valence-electron chi connectivity index (χ0n) is 10.9. The Morgan fingerprint density at radius 3 is 2.74 bits per heavy atom. The summed E-state index contributed by atoms with van der Waals surface area (Å²) in [6, 6.07) is 7.92. The topological polar surface area (TPSA) is 69.6 Å². The molecule has 1 aromatic carbocycles. The molecule has 2 N–H and O–H groups in total. The van der Waals surface area contributed by atoms with Crippen molar-refractivity contribution in [2.75, 3.05) is 13.1 Å². The predicted molar refractivity (Wildman–Crippen MR) is 70.6 cm³/mol. The molecule has 1 unspecified atom stereocenters. The molecular weight excluding hydrogens is 244 g/mol. The molecule has 5 nitrogen and oxygen atoms in total. The van der Waals surface area contributed by atoms with Crippen molar-refractivity contribution in [3.8, 4) is 0 Å². The van der Waals surface area contributed by atoms with Crippen LogP contribution in [0.25, 0.3) is 0 Å². The highest BCUT2D eigenvalue weighted by molar-refractivity contribution is 5.79. The minimum Gasteiger partial charge on any atom is -0.481 e. The van der Waals surface area contributed by atoms with Crippen LogP contribution in [-0.2, 0) is 16.1 Å². The summed E-state index contributed by atoms with van der Waals surface area (Å²) in [5.74, 6) is -0.885. The summed E-state index contributed by atoms with van der Waals surface area (Å²) in [7, 11) is 0. The van der Waals surface area contributed by atoms with Crippen molar-refractivity contribution >= 4 is 11.9 Å². The summed E-state index contributed by atoms with van der Waals surface area (Å²) < 4.78 is 0. The number of rotatable bonds is 4. The first kappa shape index (κ1) is 13.5. The molecule has 19 heavy (non-hydrogen) atoms. The third-order valence-corrected chi connectivity index (χ3v) is 3.31. The summed E-state index contributed by atoms with van der Waals surface area (Å²) in [5, 5.41) is 11.6. The molecule has 1 aliphatic heterocycles. The van der Waals surface area contributed by atoms with Gasteiger partial charge in [0.1, 0.15) is 0 Å². The van der Waals surface area contributed by atoms with Crippen molar-refractivity contribution in [1.29, 1.82) is 0 Å². The maximum Gasteiger partial charge on any atom is 0.305 e. The molecule has 1 aliphatic rings.